The molecule has 0 spiro atoms. The van der Waals surface area contributed by atoms with Crippen molar-refractivity contribution >= 4 is 33.2 Å². The van der Waals surface area contributed by atoms with Crippen LogP contribution in [0.4, 0.5) is 11.4 Å². The lowest BCUT2D eigenvalue weighted by atomic mass is 10.2. The Kier molecular flexibility index (Phi) is 5.63. The van der Waals surface area contributed by atoms with E-state index in [2.05, 4.69) is 10.6 Å². The zero-order valence-corrected chi connectivity index (χ0v) is 15.9. The summed E-state index contributed by atoms with van der Waals surface area (Å²) in [4.78, 5) is 24.0. The number of carbonyl (C=O) groups is 2. The maximum absolute atomic E-state index is 13.0. The molecule has 1 unspecified atom stereocenters. The van der Waals surface area contributed by atoms with Gasteiger partial charge in [-0.05, 0) is 37.3 Å². The lowest BCUT2D eigenvalue weighted by Gasteiger charge is -2.25. The summed E-state index contributed by atoms with van der Waals surface area (Å²) < 4.78 is 27.0. The van der Waals surface area contributed by atoms with Crippen LogP contribution in [0.5, 0.6) is 0 Å². The lowest BCUT2D eigenvalue weighted by molar-refractivity contribution is -0.132. The van der Waals surface area contributed by atoms with Gasteiger partial charge < -0.3 is 10.6 Å². The highest BCUT2D eigenvalue weighted by molar-refractivity contribution is 7.89. The molecule has 0 saturated heterocycles. The van der Waals surface area contributed by atoms with Crippen molar-refractivity contribution in [3.8, 4) is 0 Å². The van der Waals surface area contributed by atoms with Gasteiger partial charge in [0.15, 0.2) is 0 Å². The normalized spacial score (nSPS) is 16.8. The van der Waals surface area contributed by atoms with E-state index in [1.807, 2.05) is 0 Å². The first kappa shape index (κ1) is 19.8. The van der Waals surface area contributed by atoms with Crippen LogP contribution in [0.15, 0.2) is 53.4 Å². The first-order valence-corrected chi connectivity index (χ1v) is 9.98. The molecule has 1 aliphatic rings. The fourth-order valence-electron chi connectivity index (χ4n) is 2.94. The van der Waals surface area contributed by atoms with Crippen LogP contribution in [0.3, 0.4) is 0 Å². The van der Waals surface area contributed by atoms with Crippen molar-refractivity contribution in [2.75, 3.05) is 23.7 Å². The molecule has 1 aliphatic heterocycles. The van der Waals surface area contributed by atoms with Crippen LogP contribution in [0, 0.1) is 0 Å². The molecule has 0 bridgehead atoms. The average molecular weight is 404 g/mol. The van der Waals surface area contributed by atoms with E-state index in [1.54, 1.807) is 30.3 Å². The molecule has 0 radical (unpaired) electrons. The Morgan fingerprint density at radius 2 is 1.89 bits per heavy atom. The number of benzene rings is 2. The van der Waals surface area contributed by atoms with Crippen molar-refractivity contribution in [1.29, 1.82) is 0 Å². The van der Waals surface area contributed by atoms with E-state index in [0.717, 1.165) is 4.31 Å². The Morgan fingerprint density at radius 1 is 1.18 bits per heavy atom. The summed E-state index contributed by atoms with van der Waals surface area (Å²) in [5.41, 5.74) is 2.72. The standard InChI is InChI=1S/C18H20N4O5S/c1-12(17(23)21-25)22-10-9-19-15-11-14(7-8-16(15)28(22,26)27)20-18(24)13-5-3-2-4-6-13/h2-8,11-12,19,25H,9-10H2,1H3,(H,20,24)(H,21,23). The summed E-state index contributed by atoms with van der Waals surface area (Å²) in [7, 11) is -3.98. The molecule has 148 valence electrons. The van der Waals surface area contributed by atoms with Gasteiger partial charge in [0.05, 0.1) is 5.69 Å². The fraction of sp³-hybridized carbons (Fsp3) is 0.222. The van der Waals surface area contributed by atoms with E-state index in [-0.39, 0.29) is 23.9 Å². The molecule has 2 amide bonds. The first-order chi connectivity index (χ1) is 13.3. The number of hydroxylamine groups is 1. The van der Waals surface area contributed by atoms with Crippen molar-refractivity contribution in [2.45, 2.75) is 17.9 Å². The number of nitrogens with zero attached hydrogens (tertiary/aromatic N) is 1. The quantitative estimate of drug-likeness (QED) is 0.449. The van der Waals surface area contributed by atoms with E-state index in [0.29, 0.717) is 16.9 Å². The largest absolute Gasteiger partial charge is 0.383 e. The third-order valence-electron chi connectivity index (χ3n) is 4.43. The molecule has 4 N–H and O–H groups in total. The Morgan fingerprint density at radius 3 is 2.57 bits per heavy atom. The molecule has 0 saturated carbocycles. The van der Waals surface area contributed by atoms with Crippen LogP contribution in [0.25, 0.3) is 0 Å². The number of anilines is 2. The Labute approximate surface area is 162 Å². The topological polar surface area (TPSA) is 128 Å². The van der Waals surface area contributed by atoms with Crippen LogP contribution < -0.4 is 16.1 Å². The summed E-state index contributed by atoms with van der Waals surface area (Å²) in [6.45, 7) is 1.69. The number of amides is 2. The highest BCUT2D eigenvalue weighted by Crippen LogP contribution is 2.31. The number of sulfonamides is 1. The van der Waals surface area contributed by atoms with Gasteiger partial charge in [0.1, 0.15) is 10.9 Å². The molecule has 9 nitrogen and oxygen atoms in total. The predicted octanol–water partition coefficient (Wildman–Crippen LogP) is 1.25. The monoisotopic (exact) mass is 404 g/mol. The molecule has 0 aromatic heterocycles. The number of rotatable bonds is 4. The zero-order chi connectivity index (χ0) is 20.3. The Balaban J connectivity index is 1.89. The first-order valence-electron chi connectivity index (χ1n) is 8.54. The van der Waals surface area contributed by atoms with Crippen LogP contribution in [0.2, 0.25) is 0 Å². The molecule has 10 heteroatoms. The van der Waals surface area contributed by atoms with Gasteiger partial charge in [-0.1, -0.05) is 18.2 Å². The van der Waals surface area contributed by atoms with E-state index in [1.165, 1.54) is 30.6 Å². The van der Waals surface area contributed by atoms with E-state index in [9.17, 15) is 18.0 Å². The van der Waals surface area contributed by atoms with E-state index >= 15 is 0 Å². The Bertz CT molecular complexity index is 994. The second-order valence-electron chi connectivity index (χ2n) is 6.23. The van der Waals surface area contributed by atoms with Crippen LogP contribution in [0.1, 0.15) is 17.3 Å². The molecule has 2 aromatic carbocycles. The molecule has 1 atom stereocenters. The number of hydrogen-bond acceptors (Lipinski definition) is 6. The molecule has 0 aliphatic carbocycles. The van der Waals surface area contributed by atoms with Gasteiger partial charge in [-0.25, -0.2) is 13.9 Å². The van der Waals surface area contributed by atoms with Gasteiger partial charge in [0.25, 0.3) is 11.8 Å². The third kappa shape index (κ3) is 3.84. The minimum atomic E-state index is -3.98. The highest BCUT2D eigenvalue weighted by atomic mass is 32.2. The van der Waals surface area contributed by atoms with Crippen molar-refractivity contribution in [3.05, 3.63) is 54.1 Å². The summed E-state index contributed by atoms with van der Waals surface area (Å²) in [5, 5.41) is 14.6. The predicted molar refractivity (Wildman–Crippen MR) is 103 cm³/mol. The van der Waals surface area contributed by atoms with E-state index < -0.39 is 22.0 Å². The molecular weight excluding hydrogens is 384 g/mol. The van der Waals surface area contributed by atoms with Gasteiger partial charge in [0.2, 0.25) is 10.0 Å². The molecular formula is C18H20N4O5S. The fourth-order valence-corrected chi connectivity index (χ4v) is 4.68. The van der Waals surface area contributed by atoms with E-state index in [4.69, 9.17) is 5.21 Å². The summed E-state index contributed by atoms with van der Waals surface area (Å²) in [6, 6.07) is 12.0. The number of hydrogen-bond donors (Lipinski definition) is 4. The van der Waals surface area contributed by atoms with Crippen LogP contribution in [-0.4, -0.2) is 48.9 Å². The number of fused-ring (bicyclic) bond motifs is 1. The van der Waals surface area contributed by atoms with Crippen molar-refractivity contribution < 1.29 is 23.2 Å². The molecule has 0 fully saturated rings. The number of nitrogens with one attached hydrogen (secondary N) is 3. The highest BCUT2D eigenvalue weighted by Gasteiger charge is 2.36. The van der Waals surface area contributed by atoms with Crippen molar-refractivity contribution in [2.24, 2.45) is 0 Å². The second-order valence-corrected chi connectivity index (χ2v) is 8.08. The third-order valence-corrected chi connectivity index (χ3v) is 6.46. The maximum atomic E-state index is 13.0. The minimum absolute atomic E-state index is 0.0136. The summed E-state index contributed by atoms with van der Waals surface area (Å²) in [6.07, 6.45) is 0. The van der Waals surface area contributed by atoms with Crippen molar-refractivity contribution in [1.82, 2.24) is 9.79 Å². The van der Waals surface area contributed by atoms with Gasteiger partial charge >= 0.3 is 0 Å². The zero-order valence-electron chi connectivity index (χ0n) is 15.0. The molecule has 2 aromatic rings. The smallest absolute Gasteiger partial charge is 0.261 e. The molecule has 1 heterocycles. The Hall–Kier alpha value is -2.95. The summed E-state index contributed by atoms with van der Waals surface area (Å²) >= 11 is 0. The van der Waals surface area contributed by atoms with Crippen LogP contribution in [-0.2, 0) is 14.8 Å². The van der Waals surface area contributed by atoms with Gasteiger partial charge in [-0.3, -0.25) is 14.8 Å². The molecule has 28 heavy (non-hydrogen) atoms. The van der Waals surface area contributed by atoms with Crippen LogP contribution >= 0.6 is 0 Å². The van der Waals surface area contributed by atoms with Gasteiger partial charge in [-0.2, -0.15) is 4.31 Å². The number of carbonyl (C=O) groups excluding carboxylic acids is 2. The summed E-state index contributed by atoms with van der Waals surface area (Å²) in [5.74, 6) is -1.13. The van der Waals surface area contributed by atoms with Gasteiger partial charge in [-0.15, -0.1) is 0 Å². The molecule has 3 rings (SSSR count). The van der Waals surface area contributed by atoms with Crippen molar-refractivity contribution in [3.63, 3.8) is 0 Å². The second kappa shape index (κ2) is 7.97. The minimum Gasteiger partial charge on any atom is -0.383 e. The SMILES string of the molecule is CC(C(=O)NO)N1CCNc2cc(NC(=O)c3ccccc3)ccc2S1(=O)=O. The average Bonchev–Trinajstić information content (AvgIpc) is 2.82. The maximum Gasteiger partial charge on any atom is 0.261 e. The van der Waals surface area contributed by atoms with Gasteiger partial charge in [0, 0.05) is 24.3 Å². The lowest BCUT2D eigenvalue weighted by Crippen LogP contribution is -2.47.